The Bertz CT molecular complexity index is 815. The molecule has 148 valence electrons. The van der Waals surface area contributed by atoms with Gasteiger partial charge in [0.15, 0.2) is 11.7 Å². The minimum Gasteiger partial charge on any atom is -0.484 e. The fourth-order valence-electron chi connectivity index (χ4n) is 2.35. The van der Waals surface area contributed by atoms with Crippen LogP contribution in [-0.2, 0) is 21.4 Å². The lowest BCUT2D eigenvalue weighted by Gasteiger charge is -2.19. The van der Waals surface area contributed by atoms with E-state index in [0.29, 0.717) is 5.75 Å². The quantitative estimate of drug-likeness (QED) is 0.532. The molecule has 0 aromatic heterocycles. The van der Waals surface area contributed by atoms with Gasteiger partial charge < -0.3 is 4.74 Å². The molecule has 2 aromatic rings. The van der Waals surface area contributed by atoms with Crippen LogP contribution in [0.15, 0.2) is 54.6 Å². The van der Waals surface area contributed by atoms with Crippen molar-refractivity contribution in [2.75, 3.05) is 6.61 Å². The first-order valence-corrected chi connectivity index (χ1v) is 9.31. The minimum atomic E-state index is -0.422. The third-order valence-electron chi connectivity index (χ3n) is 3.87. The molecule has 7 heteroatoms. The van der Waals surface area contributed by atoms with Crippen molar-refractivity contribution in [3.63, 3.8) is 0 Å². The molecule has 0 aliphatic heterocycles. The first-order chi connectivity index (χ1) is 13.2. The van der Waals surface area contributed by atoms with Gasteiger partial charge in [0.05, 0.1) is 6.42 Å². The Morgan fingerprint density at radius 3 is 2.18 bits per heavy atom. The summed E-state index contributed by atoms with van der Waals surface area (Å²) in [5.41, 5.74) is 7.06. The summed E-state index contributed by atoms with van der Waals surface area (Å²) in [6.45, 7) is 6.20. The summed E-state index contributed by atoms with van der Waals surface area (Å²) < 4.78 is 5.45. The van der Waals surface area contributed by atoms with E-state index in [1.165, 1.54) is 5.56 Å². The summed E-state index contributed by atoms with van der Waals surface area (Å²) in [6, 6.07) is 16.9. The van der Waals surface area contributed by atoms with E-state index in [2.05, 4.69) is 36.9 Å². The average Bonchev–Trinajstić information content (AvgIpc) is 2.65. The molecule has 0 unspecified atom stereocenters. The summed E-state index contributed by atoms with van der Waals surface area (Å²) in [5.74, 6) is -0.0918. The van der Waals surface area contributed by atoms with Crippen LogP contribution in [0.4, 0.5) is 0 Å². The highest BCUT2D eigenvalue weighted by molar-refractivity contribution is 7.80. The molecule has 2 amide bonds. The normalized spacial score (nSPS) is 10.7. The van der Waals surface area contributed by atoms with Crippen molar-refractivity contribution in [3.8, 4) is 5.75 Å². The third kappa shape index (κ3) is 7.36. The maximum absolute atomic E-state index is 11.9. The lowest BCUT2D eigenvalue weighted by molar-refractivity contribution is -0.122. The SMILES string of the molecule is CC(C)(C)c1ccc(OCC(=O)NC(=S)NNC(=O)Cc2ccccc2)cc1. The summed E-state index contributed by atoms with van der Waals surface area (Å²) in [7, 11) is 0. The highest BCUT2D eigenvalue weighted by Gasteiger charge is 2.13. The molecule has 0 radical (unpaired) electrons. The van der Waals surface area contributed by atoms with Crippen LogP contribution in [0.25, 0.3) is 0 Å². The van der Waals surface area contributed by atoms with E-state index < -0.39 is 5.91 Å². The number of carbonyl (C=O) groups excluding carboxylic acids is 2. The van der Waals surface area contributed by atoms with Gasteiger partial charge in [0.2, 0.25) is 5.91 Å². The minimum absolute atomic E-state index is 0.00177. The number of hydrogen-bond acceptors (Lipinski definition) is 4. The second kappa shape index (κ2) is 9.85. The van der Waals surface area contributed by atoms with Gasteiger partial charge >= 0.3 is 0 Å². The number of hydrogen-bond donors (Lipinski definition) is 3. The van der Waals surface area contributed by atoms with Gasteiger partial charge in [-0.25, -0.2) is 0 Å². The van der Waals surface area contributed by atoms with Gasteiger partial charge in [-0.1, -0.05) is 63.2 Å². The Hall–Kier alpha value is -2.93. The first-order valence-electron chi connectivity index (χ1n) is 8.90. The van der Waals surface area contributed by atoms with Gasteiger partial charge in [0, 0.05) is 0 Å². The summed E-state index contributed by atoms with van der Waals surface area (Å²) in [4.78, 5) is 23.8. The van der Waals surface area contributed by atoms with E-state index in [4.69, 9.17) is 17.0 Å². The van der Waals surface area contributed by atoms with Crippen molar-refractivity contribution in [2.45, 2.75) is 32.6 Å². The fraction of sp³-hybridized carbons (Fsp3) is 0.286. The van der Waals surface area contributed by atoms with Gasteiger partial charge in [-0.3, -0.25) is 25.8 Å². The van der Waals surface area contributed by atoms with Crippen LogP contribution in [0.5, 0.6) is 5.75 Å². The predicted octanol–water partition coefficient (Wildman–Crippen LogP) is 2.63. The van der Waals surface area contributed by atoms with Crippen LogP contribution in [-0.4, -0.2) is 23.5 Å². The molecule has 6 nitrogen and oxygen atoms in total. The Kier molecular flexibility index (Phi) is 7.52. The topological polar surface area (TPSA) is 79.5 Å². The summed E-state index contributed by atoms with van der Waals surface area (Å²) in [6.07, 6.45) is 0.206. The Morgan fingerprint density at radius 2 is 1.57 bits per heavy atom. The number of thiocarbonyl (C=S) groups is 1. The summed E-state index contributed by atoms with van der Waals surface area (Å²) >= 11 is 4.99. The molecule has 2 aromatic carbocycles. The summed E-state index contributed by atoms with van der Waals surface area (Å²) in [5, 5.41) is 2.44. The van der Waals surface area contributed by atoms with E-state index in [9.17, 15) is 9.59 Å². The lowest BCUT2D eigenvalue weighted by Crippen LogP contribution is -2.49. The standard InChI is InChI=1S/C21H25N3O3S/c1-21(2,3)16-9-11-17(12-10-16)27-14-19(26)22-20(28)24-23-18(25)13-15-7-5-4-6-8-15/h4-12H,13-14H2,1-3H3,(H,23,25)(H2,22,24,26,28). The second-order valence-corrected chi connectivity index (χ2v) is 7.68. The molecule has 0 atom stereocenters. The van der Waals surface area contributed by atoms with Crippen LogP contribution in [0.1, 0.15) is 31.9 Å². The van der Waals surface area contributed by atoms with Gasteiger partial charge in [-0.05, 0) is 40.9 Å². The van der Waals surface area contributed by atoms with Crippen molar-refractivity contribution < 1.29 is 14.3 Å². The Balaban J connectivity index is 1.69. The van der Waals surface area contributed by atoms with Gasteiger partial charge in [-0.2, -0.15) is 0 Å². The highest BCUT2D eigenvalue weighted by atomic mass is 32.1. The number of nitrogens with one attached hydrogen (secondary N) is 3. The molecule has 0 aliphatic rings. The zero-order valence-electron chi connectivity index (χ0n) is 16.2. The number of benzene rings is 2. The van der Waals surface area contributed by atoms with Crippen molar-refractivity contribution in [1.82, 2.24) is 16.2 Å². The molecule has 0 bridgehead atoms. The predicted molar refractivity (Wildman–Crippen MR) is 113 cm³/mol. The lowest BCUT2D eigenvalue weighted by atomic mass is 9.87. The van der Waals surface area contributed by atoms with Crippen molar-refractivity contribution in [1.29, 1.82) is 0 Å². The number of hydrazine groups is 1. The van der Waals surface area contributed by atoms with Gasteiger partial charge in [0.1, 0.15) is 5.75 Å². The van der Waals surface area contributed by atoms with E-state index in [-0.39, 0.29) is 29.5 Å². The van der Waals surface area contributed by atoms with Crippen LogP contribution in [0.2, 0.25) is 0 Å². The molecule has 28 heavy (non-hydrogen) atoms. The average molecular weight is 400 g/mol. The first kappa shape index (κ1) is 21.4. The monoisotopic (exact) mass is 399 g/mol. The molecule has 0 spiro atoms. The van der Waals surface area contributed by atoms with E-state index in [1.807, 2.05) is 54.6 Å². The third-order valence-corrected chi connectivity index (χ3v) is 4.07. The maximum Gasteiger partial charge on any atom is 0.264 e. The zero-order chi connectivity index (χ0) is 20.6. The van der Waals surface area contributed by atoms with Crippen molar-refractivity contribution in [2.24, 2.45) is 0 Å². The zero-order valence-corrected chi connectivity index (χ0v) is 17.1. The molecular formula is C21H25N3O3S. The van der Waals surface area contributed by atoms with E-state index in [0.717, 1.165) is 5.56 Å². The maximum atomic E-state index is 11.9. The molecule has 0 aliphatic carbocycles. The fourth-order valence-corrected chi connectivity index (χ4v) is 2.51. The molecule has 0 saturated carbocycles. The van der Waals surface area contributed by atoms with Crippen LogP contribution in [0, 0.1) is 0 Å². The molecule has 0 heterocycles. The Morgan fingerprint density at radius 1 is 0.929 bits per heavy atom. The Labute approximate surface area is 170 Å². The largest absolute Gasteiger partial charge is 0.484 e. The smallest absolute Gasteiger partial charge is 0.264 e. The molecular weight excluding hydrogens is 374 g/mol. The van der Waals surface area contributed by atoms with Crippen LogP contribution >= 0.6 is 12.2 Å². The van der Waals surface area contributed by atoms with E-state index in [1.54, 1.807) is 0 Å². The molecule has 3 N–H and O–H groups in total. The van der Waals surface area contributed by atoms with Gasteiger partial charge in [0.25, 0.3) is 5.91 Å². The van der Waals surface area contributed by atoms with Crippen LogP contribution < -0.4 is 20.9 Å². The molecule has 0 saturated heterocycles. The van der Waals surface area contributed by atoms with E-state index >= 15 is 0 Å². The number of rotatable bonds is 5. The van der Waals surface area contributed by atoms with Crippen molar-refractivity contribution in [3.05, 3.63) is 65.7 Å². The van der Waals surface area contributed by atoms with Crippen LogP contribution in [0.3, 0.4) is 0 Å². The van der Waals surface area contributed by atoms with Crippen molar-refractivity contribution >= 4 is 29.1 Å². The number of carbonyl (C=O) groups is 2. The van der Waals surface area contributed by atoms with Gasteiger partial charge in [-0.15, -0.1) is 0 Å². The number of amides is 2. The molecule has 2 rings (SSSR count). The highest BCUT2D eigenvalue weighted by Crippen LogP contribution is 2.24. The molecule has 0 fully saturated rings. The number of ether oxygens (including phenoxy) is 1. The second-order valence-electron chi connectivity index (χ2n) is 7.28.